The summed E-state index contributed by atoms with van der Waals surface area (Å²) >= 11 is 4.44. The van der Waals surface area contributed by atoms with Crippen molar-refractivity contribution in [3.63, 3.8) is 0 Å². The van der Waals surface area contributed by atoms with Gasteiger partial charge in [-0.2, -0.15) is 0 Å². The Kier molecular flexibility index (Phi) is 9.81. The predicted octanol–water partition coefficient (Wildman–Crippen LogP) is 2.60. The predicted molar refractivity (Wildman–Crippen MR) is 59.6 cm³/mol. The van der Waals surface area contributed by atoms with Crippen LogP contribution >= 0.6 is 12.2 Å². The summed E-state index contributed by atoms with van der Waals surface area (Å²) in [6.07, 6.45) is 4.61. The quantitative estimate of drug-likeness (QED) is 0.270. The number of ether oxygens (including phenoxy) is 1. The van der Waals surface area contributed by atoms with E-state index in [-0.39, 0.29) is 5.97 Å². The summed E-state index contributed by atoms with van der Waals surface area (Å²) in [7, 11) is 0. The third-order valence-electron chi connectivity index (χ3n) is 1.78. The molecule has 0 aliphatic rings. The van der Waals surface area contributed by atoms with Crippen molar-refractivity contribution in [1.82, 2.24) is 0 Å². The fourth-order valence-electron chi connectivity index (χ4n) is 0.980. The smallest absolute Gasteiger partial charge is 0.305 e. The molecule has 0 spiro atoms. The van der Waals surface area contributed by atoms with Crippen LogP contribution in [-0.2, 0) is 9.53 Å². The van der Waals surface area contributed by atoms with Crippen molar-refractivity contribution in [2.45, 2.75) is 39.0 Å². The third-order valence-corrected chi connectivity index (χ3v) is 1.91. The van der Waals surface area contributed by atoms with Crippen molar-refractivity contribution in [1.29, 1.82) is 0 Å². The summed E-state index contributed by atoms with van der Waals surface area (Å²) in [5, 5.41) is 2.33. The molecule has 0 saturated carbocycles. The minimum absolute atomic E-state index is 0.115. The van der Waals surface area contributed by atoms with E-state index in [9.17, 15) is 4.79 Å². The summed E-state index contributed by atoms with van der Waals surface area (Å²) in [5.41, 5.74) is 0. The van der Waals surface area contributed by atoms with E-state index < -0.39 is 0 Å². The summed E-state index contributed by atoms with van der Waals surface area (Å²) in [5.74, 6) is -0.115. The maximum Gasteiger partial charge on any atom is 0.305 e. The van der Waals surface area contributed by atoms with Crippen molar-refractivity contribution in [3.05, 3.63) is 0 Å². The lowest BCUT2D eigenvalue weighted by Gasteiger charge is -2.02. The highest BCUT2D eigenvalue weighted by Crippen LogP contribution is 2.00. The van der Waals surface area contributed by atoms with Crippen LogP contribution in [0.25, 0.3) is 0 Å². The van der Waals surface area contributed by atoms with Gasteiger partial charge in [0.2, 0.25) is 0 Å². The van der Waals surface area contributed by atoms with E-state index in [0.29, 0.717) is 13.0 Å². The van der Waals surface area contributed by atoms with Gasteiger partial charge in [0.25, 0.3) is 0 Å². The van der Waals surface area contributed by atoms with Gasteiger partial charge in [-0.05, 0) is 31.5 Å². The fourth-order valence-corrected chi connectivity index (χ4v) is 1.07. The highest BCUT2D eigenvalue weighted by atomic mass is 32.1. The second-order valence-electron chi connectivity index (χ2n) is 2.96. The molecule has 0 aliphatic carbocycles. The number of carbonyl (C=O) groups excluding carboxylic acids is 1. The van der Waals surface area contributed by atoms with E-state index in [4.69, 9.17) is 4.74 Å². The molecule has 0 atom stereocenters. The first kappa shape index (κ1) is 13.3. The molecule has 0 unspecified atom stereocenters. The molecule has 0 heterocycles. The second-order valence-corrected chi connectivity index (χ2v) is 3.14. The van der Waals surface area contributed by atoms with E-state index in [1.54, 1.807) is 6.92 Å². The number of hydrogen-bond donors (Lipinski definition) is 0. The van der Waals surface area contributed by atoms with E-state index >= 15 is 0 Å². The maximum atomic E-state index is 10.7. The van der Waals surface area contributed by atoms with Crippen molar-refractivity contribution in [3.8, 4) is 0 Å². The largest absolute Gasteiger partial charge is 0.466 e. The van der Waals surface area contributed by atoms with Gasteiger partial charge in [0, 0.05) is 13.0 Å². The molecular formula is C10H17NO2S. The average Bonchev–Trinajstić information content (AvgIpc) is 2.21. The summed E-state index contributed by atoms with van der Waals surface area (Å²) in [4.78, 5) is 14.5. The Hall–Kier alpha value is -0.730. The number of rotatable bonds is 8. The molecular weight excluding hydrogens is 198 g/mol. The van der Waals surface area contributed by atoms with E-state index in [2.05, 4.69) is 22.4 Å². The van der Waals surface area contributed by atoms with Gasteiger partial charge in [-0.15, -0.1) is 0 Å². The molecule has 0 aromatic rings. The maximum absolute atomic E-state index is 10.7. The van der Waals surface area contributed by atoms with Crippen molar-refractivity contribution >= 4 is 23.3 Å². The molecule has 0 amide bonds. The minimum atomic E-state index is -0.115. The standard InChI is InChI=1S/C10H17NO2S/c1-2-10(12)13-8-6-4-3-5-7-11-9-14/h2-8H2,1H3. The normalized spacial score (nSPS) is 9.21. The Morgan fingerprint density at radius 3 is 2.71 bits per heavy atom. The number of thiocarbonyl (C=S) groups is 1. The van der Waals surface area contributed by atoms with Crippen molar-refractivity contribution in [2.24, 2.45) is 4.99 Å². The zero-order valence-electron chi connectivity index (χ0n) is 8.62. The first-order chi connectivity index (χ1) is 6.81. The van der Waals surface area contributed by atoms with Crippen LogP contribution in [0, 0.1) is 0 Å². The molecule has 0 aliphatic heterocycles. The van der Waals surface area contributed by atoms with Gasteiger partial charge in [-0.3, -0.25) is 4.79 Å². The lowest BCUT2D eigenvalue weighted by molar-refractivity contribution is -0.143. The number of esters is 1. The Morgan fingerprint density at radius 2 is 2.07 bits per heavy atom. The molecule has 3 nitrogen and oxygen atoms in total. The number of carbonyl (C=O) groups is 1. The molecule has 0 saturated heterocycles. The Bertz CT molecular complexity index is 200. The highest BCUT2D eigenvalue weighted by Gasteiger charge is 1.96. The van der Waals surface area contributed by atoms with E-state index in [0.717, 1.165) is 32.2 Å². The van der Waals surface area contributed by atoms with E-state index in [1.165, 1.54) is 0 Å². The van der Waals surface area contributed by atoms with Gasteiger partial charge in [0.15, 0.2) is 0 Å². The zero-order chi connectivity index (χ0) is 10.6. The Morgan fingerprint density at radius 1 is 1.36 bits per heavy atom. The lowest BCUT2D eigenvalue weighted by Crippen LogP contribution is -2.03. The van der Waals surface area contributed by atoms with Crippen LogP contribution in [0.5, 0.6) is 0 Å². The van der Waals surface area contributed by atoms with Crippen LogP contribution in [0.3, 0.4) is 0 Å². The van der Waals surface area contributed by atoms with Gasteiger partial charge in [0.1, 0.15) is 0 Å². The molecule has 0 aromatic carbocycles. The van der Waals surface area contributed by atoms with Gasteiger partial charge < -0.3 is 4.74 Å². The molecule has 0 rings (SSSR count). The summed E-state index contributed by atoms with van der Waals surface area (Å²) in [6.45, 7) is 3.10. The fraction of sp³-hybridized carbons (Fsp3) is 0.800. The Labute approximate surface area is 90.6 Å². The van der Waals surface area contributed by atoms with Crippen LogP contribution in [0.1, 0.15) is 39.0 Å². The van der Waals surface area contributed by atoms with Crippen LogP contribution in [0.2, 0.25) is 0 Å². The van der Waals surface area contributed by atoms with Crippen molar-refractivity contribution in [2.75, 3.05) is 13.2 Å². The minimum Gasteiger partial charge on any atom is -0.466 e. The number of aliphatic imine (C=N–C) groups is 1. The summed E-state index contributed by atoms with van der Waals surface area (Å²) < 4.78 is 4.93. The molecule has 0 fully saturated rings. The SMILES string of the molecule is CCC(=O)OCCCCCCN=C=S. The monoisotopic (exact) mass is 215 g/mol. The molecule has 0 aromatic heterocycles. The lowest BCUT2D eigenvalue weighted by atomic mass is 10.2. The second kappa shape index (κ2) is 10.4. The molecule has 80 valence electrons. The average molecular weight is 215 g/mol. The van der Waals surface area contributed by atoms with Gasteiger partial charge in [-0.1, -0.05) is 13.3 Å². The molecule has 0 N–H and O–H groups in total. The topological polar surface area (TPSA) is 38.7 Å². The van der Waals surface area contributed by atoms with Crippen LogP contribution in [0.4, 0.5) is 0 Å². The molecule has 4 heteroatoms. The Balaban J connectivity index is 3.06. The molecule has 0 bridgehead atoms. The van der Waals surface area contributed by atoms with E-state index in [1.807, 2.05) is 0 Å². The summed E-state index contributed by atoms with van der Waals surface area (Å²) in [6, 6.07) is 0. The van der Waals surface area contributed by atoms with Crippen LogP contribution < -0.4 is 0 Å². The van der Waals surface area contributed by atoms with Crippen molar-refractivity contribution < 1.29 is 9.53 Å². The van der Waals surface area contributed by atoms with Gasteiger partial charge in [-0.25, -0.2) is 4.99 Å². The zero-order valence-corrected chi connectivity index (χ0v) is 9.44. The first-order valence-electron chi connectivity index (χ1n) is 5.00. The highest BCUT2D eigenvalue weighted by molar-refractivity contribution is 7.78. The third kappa shape index (κ3) is 9.36. The number of unbranched alkanes of at least 4 members (excludes halogenated alkanes) is 3. The van der Waals surface area contributed by atoms with Gasteiger partial charge in [0.05, 0.1) is 11.8 Å². The number of nitrogens with zero attached hydrogens (tertiary/aromatic N) is 1. The molecule has 14 heavy (non-hydrogen) atoms. The number of hydrogen-bond acceptors (Lipinski definition) is 4. The van der Waals surface area contributed by atoms with Gasteiger partial charge >= 0.3 is 5.97 Å². The molecule has 0 radical (unpaired) electrons. The number of isothiocyanates is 1. The van der Waals surface area contributed by atoms with Crippen LogP contribution in [-0.4, -0.2) is 24.3 Å². The first-order valence-corrected chi connectivity index (χ1v) is 5.41. The van der Waals surface area contributed by atoms with Crippen LogP contribution in [0.15, 0.2) is 4.99 Å².